The van der Waals surface area contributed by atoms with Gasteiger partial charge in [-0.15, -0.1) is 0 Å². The van der Waals surface area contributed by atoms with E-state index in [0.29, 0.717) is 0 Å². The summed E-state index contributed by atoms with van der Waals surface area (Å²) in [4.78, 5) is 10.2. The molecule has 0 fully saturated rings. The number of hydrogen-bond donors (Lipinski definition) is 2. The van der Waals surface area contributed by atoms with Gasteiger partial charge in [0, 0.05) is 27.7 Å². The quantitative estimate of drug-likeness (QED) is 0.713. The van der Waals surface area contributed by atoms with Gasteiger partial charge in [0.25, 0.3) is 0 Å². The summed E-state index contributed by atoms with van der Waals surface area (Å²) < 4.78 is 0. The number of hydrogen-bond acceptors (Lipinski definition) is 2. The number of carbonyl (C=O) groups is 1. The van der Waals surface area contributed by atoms with E-state index in [0.717, 1.165) is 0 Å². The van der Waals surface area contributed by atoms with Crippen molar-refractivity contribution in [3.63, 3.8) is 0 Å². The molecule has 0 saturated carbocycles. The van der Waals surface area contributed by atoms with E-state index in [1.165, 1.54) is 24.3 Å². The van der Waals surface area contributed by atoms with Crippen LogP contribution < -0.4 is 0 Å². The Kier molecular flexibility index (Phi) is 8.57. The van der Waals surface area contributed by atoms with E-state index >= 15 is 0 Å². The maximum atomic E-state index is 10.2. The molecular formula is C7H7HgNaO3. The van der Waals surface area contributed by atoms with Crippen molar-refractivity contribution >= 4 is 35.5 Å². The van der Waals surface area contributed by atoms with Crippen molar-refractivity contribution in [2.45, 2.75) is 0 Å². The zero-order valence-electron chi connectivity index (χ0n) is 5.82. The standard InChI is InChI=1S/C7H6O3.Hg.Na.H/c8-6-3-1-5(2-4-6)7(9)10;;;/h1-4,8H,(H,9,10);;;. The average molecular weight is 363 g/mol. The molecule has 3 nitrogen and oxygen atoms in total. The number of benzene rings is 1. The molecule has 56 valence electrons. The molecule has 0 aliphatic carbocycles. The fraction of sp³-hybridized carbons (Fsp3) is 0. The van der Waals surface area contributed by atoms with Crippen LogP contribution in [0.15, 0.2) is 24.3 Å². The van der Waals surface area contributed by atoms with E-state index in [-0.39, 0.29) is 68.5 Å². The second-order valence-corrected chi connectivity index (χ2v) is 1.85. The van der Waals surface area contributed by atoms with Crippen LogP contribution in [0.25, 0.3) is 0 Å². The number of aromatic hydroxyl groups is 1. The molecule has 12 heavy (non-hydrogen) atoms. The van der Waals surface area contributed by atoms with Gasteiger partial charge < -0.3 is 10.2 Å². The molecule has 1 rings (SSSR count). The van der Waals surface area contributed by atoms with Gasteiger partial charge >= 0.3 is 35.5 Å². The van der Waals surface area contributed by atoms with E-state index in [1.54, 1.807) is 0 Å². The molecule has 0 radical (unpaired) electrons. The molecule has 1 aromatic carbocycles. The van der Waals surface area contributed by atoms with E-state index in [1.807, 2.05) is 0 Å². The minimum atomic E-state index is -0.986. The van der Waals surface area contributed by atoms with Gasteiger partial charge in [0.1, 0.15) is 5.75 Å². The summed E-state index contributed by atoms with van der Waals surface area (Å²) >= 11 is 0. The number of aromatic carboxylic acids is 1. The van der Waals surface area contributed by atoms with E-state index in [4.69, 9.17) is 10.2 Å². The zero-order chi connectivity index (χ0) is 7.56. The van der Waals surface area contributed by atoms with Crippen LogP contribution in [0.1, 0.15) is 10.4 Å². The number of carboxylic acid groups (broad SMARTS) is 1. The molecule has 0 spiro atoms. The molecule has 0 aromatic heterocycles. The Hall–Kier alpha value is 0.425. The van der Waals surface area contributed by atoms with Crippen molar-refractivity contribution in [1.29, 1.82) is 0 Å². The molecule has 0 atom stereocenters. The monoisotopic (exact) mass is 364 g/mol. The van der Waals surface area contributed by atoms with Gasteiger partial charge in [-0.05, 0) is 24.3 Å². The van der Waals surface area contributed by atoms with Gasteiger partial charge in [0.2, 0.25) is 0 Å². The summed E-state index contributed by atoms with van der Waals surface area (Å²) in [5.74, 6) is -0.912. The number of phenols is 1. The SMILES string of the molecule is O=C(O)c1ccc(O)cc1.[Hg].[NaH]. The third-order valence-electron chi connectivity index (χ3n) is 1.11. The number of phenolic OH excluding ortho intramolecular Hbond substituents is 1. The summed E-state index contributed by atoms with van der Waals surface area (Å²) in [6.45, 7) is 0. The van der Waals surface area contributed by atoms with Gasteiger partial charge in [-0.2, -0.15) is 0 Å². The second kappa shape index (κ2) is 6.89. The van der Waals surface area contributed by atoms with E-state index in [9.17, 15) is 4.79 Å². The fourth-order valence-corrected chi connectivity index (χ4v) is 0.604. The topological polar surface area (TPSA) is 57.5 Å². The molecule has 0 aliphatic rings. The Morgan fingerprint density at radius 2 is 1.58 bits per heavy atom. The second-order valence-electron chi connectivity index (χ2n) is 1.85. The Balaban J connectivity index is 0. The summed E-state index contributed by atoms with van der Waals surface area (Å²) in [5.41, 5.74) is 0.179. The molecule has 1 aromatic rings. The summed E-state index contributed by atoms with van der Waals surface area (Å²) in [6, 6.07) is 5.36. The summed E-state index contributed by atoms with van der Waals surface area (Å²) in [7, 11) is 0. The van der Waals surface area contributed by atoms with Crippen molar-refractivity contribution in [3.8, 4) is 5.75 Å². The van der Waals surface area contributed by atoms with Gasteiger partial charge in [-0.3, -0.25) is 0 Å². The maximum absolute atomic E-state index is 10.2. The van der Waals surface area contributed by atoms with Crippen molar-refractivity contribution in [2.75, 3.05) is 0 Å². The first kappa shape index (κ1) is 14.9. The molecule has 0 saturated heterocycles. The molecule has 0 amide bonds. The van der Waals surface area contributed by atoms with Gasteiger partial charge in [-0.1, -0.05) is 0 Å². The normalized spacial score (nSPS) is 7.67. The molecule has 5 heteroatoms. The third-order valence-corrected chi connectivity index (χ3v) is 1.11. The van der Waals surface area contributed by atoms with Crippen LogP contribution in [0.3, 0.4) is 0 Å². The Bertz CT molecular complexity index is 247. The van der Waals surface area contributed by atoms with Gasteiger partial charge in [0.05, 0.1) is 5.56 Å². The first-order valence-corrected chi connectivity index (χ1v) is 2.72. The summed E-state index contributed by atoms with van der Waals surface area (Å²) in [5, 5.41) is 17.1. The van der Waals surface area contributed by atoms with Crippen LogP contribution in [0.2, 0.25) is 0 Å². The van der Waals surface area contributed by atoms with Crippen molar-refractivity contribution in [1.82, 2.24) is 0 Å². The predicted molar refractivity (Wildman–Crippen MR) is 42.2 cm³/mol. The van der Waals surface area contributed by atoms with Gasteiger partial charge in [-0.25, -0.2) is 4.79 Å². The number of rotatable bonds is 1. The Morgan fingerprint density at radius 3 is 1.92 bits per heavy atom. The van der Waals surface area contributed by atoms with Crippen molar-refractivity contribution in [3.05, 3.63) is 29.8 Å². The average Bonchev–Trinajstić information content (AvgIpc) is 1.88. The molecule has 0 aliphatic heterocycles. The first-order valence-electron chi connectivity index (χ1n) is 2.72. The minimum absolute atomic E-state index is 0. The molecule has 2 N–H and O–H groups in total. The predicted octanol–water partition coefficient (Wildman–Crippen LogP) is 0.439. The molecule has 0 unspecified atom stereocenters. The van der Waals surface area contributed by atoms with Crippen LogP contribution >= 0.6 is 0 Å². The van der Waals surface area contributed by atoms with Crippen molar-refractivity contribution < 1.29 is 42.7 Å². The molecular weight excluding hydrogens is 356 g/mol. The molecule has 0 bridgehead atoms. The van der Waals surface area contributed by atoms with Crippen LogP contribution in [0.5, 0.6) is 5.75 Å². The van der Waals surface area contributed by atoms with Gasteiger partial charge in [0.15, 0.2) is 0 Å². The van der Waals surface area contributed by atoms with Crippen molar-refractivity contribution in [2.24, 2.45) is 0 Å². The Labute approximate surface area is 113 Å². The van der Waals surface area contributed by atoms with Crippen LogP contribution in [-0.2, 0) is 27.7 Å². The first-order chi connectivity index (χ1) is 4.70. The van der Waals surface area contributed by atoms with Crippen LogP contribution in [0.4, 0.5) is 0 Å². The zero-order valence-corrected chi connectivity index (χ0v) is 11.3. The van der Waals surface area contributed by atoms with E-state index < -0.39 is 5.97 Å². The van der Waals surface area contributed by atoms with Crippen LogP contribution in [-0.4, -0.2) is 45.7 Å². The van der Waals surface area contributed by atoms with E-state index in [2.05, 4.69) is 0 Å². The number of carboxylic acids is 1. The summed E-state index contributed by atoms with van der Waals surface area (Å²) in [6.07, 6.45) is 0. The van der Waals surface area contributed by atoms with Crippen LogP contribution in [0, 0.1) is 0 Å². The fourth-order valence-electron chi connectivity index (χ4n) is 0.604. The Morgan fingerprint density at radius 1 is 1.17 bits per heavy atom. The third kappa shape index (κ3) is 4.45. The molecule has 0 heterocycles.